The SMILES string of the molecule is O=C(O)CCCn1c(-c2ccsc2)csc1=O. The normalized spacial score (nSPS) is 10.6. The maximum atomic E-state index is 11.6. The van der Waals surface area contributed by atoms with Gasteiger partial charge in [-0.3, -0.25) is 14.2 Å². The van der Waals surface area contributed by atoms with E-state index in [1.54, 1.807) is 15.9 Å². The molecule has 2 heterocycles. The van der Waals surface area contributed by atoms with Gasteiger partial charge in [-0.1, -0.05) is 11.3 Å². The van der Waals surface area contributed by atoms with Crippen molar-refractivity contribution in [3.05, 3.63) is 31.9 Å². The monoisotopic (exact) mass is 269 g/mol. The number of carbonyl (C=O) groups is 1. The highest BCUT2D eigenvalue weighted by atomic mass is 32.1. The van der Waals surface area contributed by atoms with E-state index in [0.29, 0.717) is 13.0 Å². The van der Waals surface area contributed by atoms with Gasteiger partial charge in [-0.05, 0) is 17.9 Å². The summed E-state index contributed by atoms with van der Waals surface area (Å²) in [5, 5.41) is 14.3. The molecule has 0 spiro atoms. The van der Waals surface area contributed by atoms with Crippen LogP contribution in [0, 0.1) is 0 Å². The second kappa shape index (κ2) is 5.29. The molecule has 2 aromatic heterocycles. The van der Waals surface area contributed by atoms with Crippen molar-refractivity contribution in [2.24, 2.45) is 0 Å². The van der Waals surface area contributed by atoms with Gasteiger partial charge in [-0.15, -0.1) is 0 Å². The highest BCUT2D eigenvalue weighted by molar-refractivity contribution is 7.08. The number of aliphatic carboxylic acids is 1. The number of carboxylic acid groups (broad SMARTS) is 1. The predicted octanol–water partition coefficient (Wildman–Crippen LogP) is 2.50. The molecular weight excluding hydrogens is 258 g/mol. The summed E-state index contributed by atoms with van der Waals surface area (Å²) in [6.07, 6.45) is 0.564. The minimum atomic E-state index is -0.828. The summed E-state index contributed by atoms with van der Waals surface area (Å²) in [4.78, 5) is 22.1. The third kappa shape index (κ3) is 2.83. The summed E-state index contributed by atoms with van der Waals surface area (Å²) in [5.74, 6) is -0.828. The lowest BCUT2D eigenvalue weighted by atomic mass is 10.2. The molecular formula is C11H11NO3S2. The Kier molecular flexibility index (Phi) is 3.75. The van der Waals surface area contributed by atoms with E-state index in [9.17, 15) is 9.59 Å². The Balaban J connectivity index is 2.19. The Morgan fingerprint density at radius 3 is 2.88 bits per heavy atom. The average Bonchev–Trinajstić information content (AvgIpc) is 2.88. The van der Waals surface area contributed by atoms with Gasteiger partial charge in [0.1, 0.15) is 0 Å². The lowest BCUT2D eigenvalue weighted by Crippen LogP contribution is -2.15. The first-order valence-corrected chi connectivity index (χ1v) is 6.93. The molecule has 0 saturated heterocycles. The molecule has 0 unspecified atom stereocenters. The first-order valence-electron chi connectivity index (χ1n) is 5.11. The summed E-state index contributed by atoms with van der Waals surface area (Å²) in [7, 11) is 0. The van der Waals surface area contributed by atoms with Gasteiger partial charge >= 0.3 is 10.8 Å². The van der Waals surface area contributed by atoms with Crippen LogP contribution in [-0.4, -0.2) is 15.6 Å². The molecule has 0 fully saturated rings. The summed E-state index contributed by atoms with van der Waals surface area (Å²) in [6, 6.07) is 1.96. The molecule has 0 atom stereocenters. The second-order valence-electron chi connectivity index (χ2n) is 3.55. The fraction of sp³-hybridized carbons (Fsp3) is 0.273. The first-order chi connectivity index (χ1) is 8.18. The first kappa shape index (κ1) is 12.1. The molecule has 2 rings (SSSR count). The summed E-state index contributed by atoms with van der Waals surface area (Å²) < 4.78 is 1.65. The summed E-state index contributed by atoms with van der Waals surface area (Å²) >= 11 is 2.73. The number of rotatable bonds is 5. The highest BCUT2D eigenvalue weighted by Gasteiger charge is 2.09. The van der Waals surface area contributed by atoms with Crippen molar-refractivity contribution in [3.63, 3.8) is 0 Å². The number of hydrogen-bond acceptors (Lipinski definition) is 4. The van der Waals surface area contributed by atoms with Crippen molar-refractivity contribution in [1.82, 2.24) is 4.57 Å². The van der Waals surface area contributed by atoms with Crippen LogP contribution in [0.2, 0.25) is 0 Å². The topological polar surface area (TPSA) is 59.3 Å². The zero-order valence-electron chi connectivity index (χ0n) is 8.96. The zero-order chi connectivity index (χ0) is 12.3. The Hall–Kier alpha value is -1.40. The van der Waals surface area contributed by atoms with E-state index < -0.39 is 5.97 Å². The van der Waals surface area contributed by atoms with Gasteiger partial charge in [0.2, 0.25) is 0 Å². The highest BCUT2D eigenvalue weighted by Crippen LogP contribution is 2.22. The van der Waals surface area contributed by atoms with Crippen LogP contribution in [0.15, 0.2) is 27.0 Å². The quantitative estimate of drug-likeness (QED) is 0.907. The van der Waals surface area contributed by atoms with Gasteiger partial charge in [0, 0.05) is 29.3 Å². The van der Waals surface area contributed by atoms with E-state index >= 15 is 0 Å². The maximum absolute atomic E-state index is 11.6. The Morgan fingerprint density at radius 1 is 1.41 bits per heavy atom. The van der Waals surface area contributed by atoms with Crippen molar-refractivity contribution in [3.8, 4) is 11.3 Å². The Bertz CT molecular complexity index is 554. The minimum absolute atomic E-state index is 0.0309. The molecule has 2 aromatic rings. The smallest absolute Gasteiger partial charge is 0.307 e. The van der Waals surface area contributed by atoms with Crippen molar-refractivity contribution < 1.29 is 9.90 Å². The Morgan fingerprint density at radius 2 is 2.24 bits per heavy atom. The molecule has 0 aliphatic heterocycles. The van der Waals surface area contributed by atoms with Gasteiger partial charge in [0.25, 0.3) is 0 Å². The number of carboxylic acids is 1. The van der Waals surface area contributed by atoms with Crippen LogP contribution < -0.4 is 4.87 Å². The standard InChI is InChI=1S/C11H11NO3S2/c13-10(14)2-1-4-12-9(7-17-11(12)15)8-3-5-16-6-8/h3,5-7H,1-2,4H2,(H,13,14). The number of nitrogens with zero attached hydrogens (tertiary/aromatic N) is 1. The molecule has 0 aliphatic carbocycles. The van der Waals surface area contributed by atoms with E-state index in [-0.39, 0.29) is 11.3 Å². The lowest BCUT2D eigenvalue weighted by Gasteiger charge is -2.04. The molecule has 0 radical (unpaired) electrons. The van der Waals surface area contributed by atoms with E-state index in [4.69, 9.17) is 5.11 Å². The van der Waals surface area contributed by atoms with Crippen LogP contribution in [0.25, 0.3) is 11.3 Å². The number of hydrogen-bond donors (Lipinski definition) is 1. The average molecular weight is 269 g/mol. The molecule has 0 aromatic carbocycles. The molecule has 0 aliphatic rings. The van der Waals surface area contributed by atoms with Gasteiger partial charge in [-0.25, -0.2) is 0 Å². The van der Waals surface area contributed by atoms with Crippen LogP contribution in [-0.2, 0) is 11.3 Å². The van der Waals surface area contributed by atoms with Crippen molar-refractivity contribution in [2.45, 2.75) is 19.4 Å². The van der Waals surface area contributed by atoms with E-state index in [2.05, 4.69) is 0 Å². The molecule has 0 saturated carbocycles. The van der Waals surface area contributed by atoms with Gasteiger partial charge in [0.15, 0.2) is 0 Å². The van der Waals surface area contributed by atoms with Crippen LogP contribution in [0.5, 0.6) is 0 Å². The van der Waals surface area contributed by atoms with Gasteiger partial charge in [0.05, 0.1) is 5.69 Å². The number of thiophene rings is 1. The maximum Gasteiger partial charge on any atom is 0.307 e. The van der Waals surface area contributed by atoms with E-state index in [1.165, 1.54) is 0 Å². The molecule has 17 heavy (non-hydrogen) atoms. The van der Waals surface area contributed by atoms with Crippen LogP contribution >= 0.6 is 22.7 Å². The zero-order valence-corrected chi connectivity index (χ0v) is 10.6. The van der Waals surface area contributed by atoms with Crippen molar-refractivity contribution >= 4 is 28.6 Å². The van der Waals surface area contributed by atoms with Crippen LogP contribution in [0.4, 0.5) is 0 Å². The summed E-state index contributed by atoms with van der Waals surface area (Å²) in [6.45, 7) is 0.458. The molecule has 6 heteroatoms. The van der Waals surface area contributed by atoms with E-state index in [0.717, 1.165) is 22.6 Å². The number of aromatic nitrogens is 1. The fourth-order valence-corrected chi connectivity index (χ4v) is 3.01. The van der Waals surface area contributed by atoms with E-state index in [1.807, 2.05) is 22.2 Å². The lowest BCUT2D eigenvalue weighted by molar-refractivity contribution is -0.137. The Labute approximate surface area is 106 Å². The number of thiazole rings is 1. The van der Waals surface area contributed by atoms with Crippen molar-refractivity contribution in [1.29, 1.82) is 0 Å². The van der Waals surface area contributed by atoms with Crippen LogP contribution in [0.3, 0.4) is 0 Å². The third-order valence-electron chi connectivity index (χ3n) is 2.37. The predicted molar refractivity (Wildman–Crippen MR) is 68.8 cm³/mol. The summed E-state index contributed by atoms with van der Waals surface area (Å²) in [5.41, 5.74) is 1.90. The molecule has 1 N–H and O–H groups in total. The molecule has 4 nitrogen and oxygen atoms in total. The van der Waals surface area contributed by atoms with Crippen molar-refractivity contribution in [2.75, 3.05) is 0 Å². The van der Waals surface area contributed by atoms with Crippen LogP contribution in [0.1, 0.15) is 12.8 Å². The molecule has 0 amide bonds. The minimum Gasteiger partial charge on any atom is -0.481 e. The fourth-order valence-electron chi connectivity index (χ4n) is 1.57. The van der Waals surface area contributed by atoms with Gasteiger partial charge < -0.3 is 5.11 Å². The van der Waals surface area contributed by atoms with Gasteiger partial charge in [-0.2, -0.15) is 11.3 Å². The largest absolute Gasteiger partial charge is 0.481 e. The second-order valence-corrected chi connectivity index (χ2v) is 5.15. The molecule has 0 bridgehead atoms. The molecule has 90 valence electrons. The third-order valence-corrected chi connectivity index (χ3v) is 3.82.